The Bertz CT molecular complexity index is 108. The van der Waals surface area contributed by atoms with Gasteiger partial charge in [-0.1, -0.05) is 0 Å². The Morgan fingerprint density at radius 2 is 2.27 bits per heavy atom. The molecule has 0 aromatic heterocycles. The topological polar surface area (TPSA) is 30.5 Å². The molecule has 0 amide bonds. The number of nitrogens with one attached hydrogen (secondary N) is 1. The first-order chi connectivity index (χ1) is 5.33. The van der Waals surface area contributed by atoms with E-state index in [1.54, 1.807) is 7.11 Å². The molecule has 1 heterocycles. The Morgan fingerprint density at radius 3 is 2.82 bits per heavy atom. The van der Waals surface area contributed by atoms with Gasteiger partial charge in [-0.15, -0.1) is 0 Å². The summed E-state index contributed by atoms with van der Waals surface area (Å²) in [6.45, 7) is 4.59. The third-order valence-electron chi connectivity index (χ3n) is 1.95. The van der Waals surface area contributed by atoms with Gasteiger partial charge in [0.2, 0.25) is 0 Å². The van der Waals surface area contributed by atoms with Crippen LogP contribution < -0.4 is 5.32 Å². The van der Waals surface area contributed by atoms with Gasteiger partial charge in [-0.2, -0.15) is 0 Å². The summed E-state index contributed by atoms with van der Waals surface area (Å²) in [6.07, 6.45) is 1.53. The van der Waals surface area contributed by atoms with E-state index in [9.17, 15) is 0 Å². The minimum atomic E-state index is 0.403. The molecule has 0 aromatic carbocycles. The zero-order valence-corrected chi connectivity index (χ0v) is 7.30. The molecule has 3 nitrogen and oxygen atoms in total. The van der Waals surface area contributed by atoms with E-state index in [2.05, 4.69) is 12.2 Å². The van der Waals surface area contributed by atoms with Crippen molar-refractivity contribution < 1.29 is 9.47 Å². The first-order valence-electron chi connectivity index (χ1n) is 4.17. The zero-order valence-electron chi connectivity index (χ0n) is 7.30. The minimum absolute atomic E-state index is 0.403. The van der Waals surface area contributed by atoms with E-state index in [0.717, 1.165) is 19.6 Å². The van der Waals surface area contributed by atoms with Crippen LogP contribution in [0.2, 0.25) is 0 Å². The Balaban J connectivity index is 1.99. The van der Waals surface area contributed by atoms with Gasteiger partial charge in [0, 0.05) is 19.7 Å². The predicted molar refractivity (Wildman–Crippen MR) is 43.7 cm³/mol. The van der Waals surface area contributed by atoms with Crippen LogP contribution in [0.15, 0.2) is 0 Å². The lowest BCUT2D eigenvalue weighted by Gasteiger charge is -2.09. The number of hydrogen-bond donors (Lipinski definition) is 1. The number of methoxy groups -OCH3 is 1. The Kier molecular flexibility index (Phi) is 3.83. The summed E-state index contributed by atoms with van der Waals surface area (Å²) in [6, 6.07) is 0.613. The zero-order chi connectivity index (χ0) is 8.10. The van der Waals surface area contributed by atoms with Gasteiger partial charge in [0.25, 0.3) is 0 Å². The van der Waals surface area contributed by atoms with Crippen LogP contribution in [-0.4, -0.2) is 39.0 Å². The molecular formula is C8H17NO2. The number of hydrogen-bond acceptors (Lipinski definition) is 3. The lowest BCUT2D eigenvalue weighted by atomic mass is 10.2. The molecule has 0 unspecified atom stereocenters. The average molecular weight is 159 g/mol. The molecule has 0 aliphatic carbocycles. The summed E-state index contributed by atoms with van der Waals surface area (Å²) in [4.78, 5) is 0. The third-order valence-corrected chi connectivity index (χ3v) is 1.95. The van der Waals surface area contributed by atoms with Crippen molar-refractivity contribution in [2.45, 2.75) is 25.5 Å². The Hall–Kier alpha value is -0.120. The molecule has 3 heteroatoms. The lowest BCUT2D eigenvalue weighted by molar-refractivity contribution is 0.0263. The van der Waals surface area contributed by atoms with Gasteiger partial charge in [-0.05, 0) is 13.3 Å². The highest BCUT2D eigenvalue weighted by molar-refractivity contribution is 4.78. The van der Waals surface area contributed by atoms with Crippen LogP contribution in [0.25, 0.3) is 0 Å². The van der Waals surface area contributed by atoms with Crippen molar-refractivity contribution >= 4 is 0 Å². The van der Waals surface area contributed by atoms with Crippen LogP contribution in [0.1, 0.15) is 13.3 Å². The third kappa shape index (κ3) is 3.18. The lowest BCUT2D eigenvalue weighted by Crippen LogP contribution is -2.19. The average Bonchev–Trinajstić information content (AvgIpc) is 2.37. The van der Waals surface area contributed by atoms with Crippen molar-refractivity contribution in [2.75, 3.05) is 26.9 Å². The van der Waals surface area contributed by atoms with Gasteiger partial charge < -0.3 is 14.8 Å². The molecule has 1 fully saturated rings. The predicted octanol–water partition coefficient (Wildman–Crippen LogP) is 0.400. The van der Waals surface area contributed by atoms with E-state index < -0.39 is 0 Å². The number of rotatable bonds is 4. The summed E-state index contributed by atoms with van der Waals surface area (Å²) < 4.78 is 10.4. The van der Waals surface area contributed by atoms with E-state index in [4.69, 9.17) is 9.47 Å². The van der Waals surface area contributed by atoms with Gasteiger partial charge in [0.1, 0.15) is 0 Å². The SMILES string of the molecule is COCCO[C@@H]1CN[C@H](C)C1. The summed E-state index contributed by atoms with van der Waals surface area (Å²) in [5.74, 6) is 0. The van der Waals surface area contributed by atoms with Crippen molar-refractivity contribution in [3.8, 4) is 0 Å². The second kappa shape index (κ2) is 4.70. The van der Waals surface area contributed by atoms with E-state index in [0.29, 0.717) is 18.8 Å². The maximum atomic E-state index is 5.53. The summed E-state index contributed by atoms with van der Waals surface area (Å²) in [7, 11) is 1.69. The van der Waals surface area contributed by atoms with E-state index in [1.165, 1.54) is 0 Å². The largest absolute Gasteiger partial charge is 0.382 e. The van der Waals surface area contributed by atoms with Crippen LogP contribution in [0, 0.1) is 0 Å². The fourth-order valence-electron chi connectivity index (χ4n) is 1.32. The molecule has 1 saturated heterocycles. The highest BCUT2D eigenvalue weighted by atomic mass is 16.5. The van der Waals surface area contributed by atoms with Crippen LogP contribution in [0.5, 0.6) is 0 Å². The highest BCUT2D eigenvalue weighted by Crippen LogP contribution is 2.08. The van der Waals surface area contributed by atoms with Crippen LogP contribution in [-0.2, 0) is 9.47 Å². The standard InChI is InChI=1S/C8H17NO2/c1-7-5-8(6-9-7)11-4-3-10-2/h7-9H,3-6H2,1-2H3/t7-,8+/m1/s1. The number of ether oxygens (including phenoxy) is 2. The molecule has 0 spiro atoms. The second-order valence-electron chi connectivity index (χ2n) is 3.03. The minimum Gasteiger partial charge on any atom is -0.382 e. The molecule has 0 bridgehead atoms. The molecule has 1 aliphatic rings. The molecule has 0 aromatic rings. The molecule has 0 radical (unpaired) electrons. The smallest absolute Gasteiger partial charge is 0.0715 e. The van der Waals surface area contributed by atoms with E-state index >= 15 is 0 Å². The summed E-state index contributed by atoms with van der Waals surface area (Å²) in [5, 5.41) is 3.33. The normalized spacial score (nSPS) is 31.1. The first-order valence-corrected chi connectivity index (χ1v) is 4.17. The monoisotopic (exact) mass is 159 g/mol. The first kappa shape index (κ1) is 8.97. The van der Waals surface area contributed by atoms with Gasteiger partial charge >= 0.3 is 0 Å². The molecular weight excluding hydrogens is 142 g/mol. The quantitative estimate of drug-likeness (QED) is 0.602. The second-order valence-corrected chi connectivity index (χ2v) is 3.03. The molecule has 1 N–H and O–H groups in total. The van der Waals surface area contributed by atoms with Crippen molar-refractivity contribution in [3.05, 3.63) is 0 Å². The Labute approximate surface area is 68.1 Å². The van der Waals surface area contributed by atoms with Crippen LogP contribution in [0.4, 0.5) is 0 Å². The van der Waals surface area contributed by atoms with E-state index in [-0.39, 0.29) is 0 Å². The fourth-order valence-corrected chi connectivity index (χ4v) is 1.32. The van der Waals surface area contributed by atoms with E-state index in [1.807, 2.05) is 0 Å². The highest BCUT2D eigenvalue weighted by Gasteiger charge is 2.20. The van der Waals surface area contributed by atoms with Gasteiger partial charge in [-0.25, -0.2) is 0 Å². The molecule has 11 heavy (non-hydrogen) atoms. The molecule has 0 saturated carbocycles. The maximum absolute atomic E-state index is 5.53. The summed E-state index contributed by atoms with van der Waals surface area (Å²) >= 11 is 0. The van der Waals surface area contributed by atoms with Gasteiger partial charge in [0.05, 0.1) is 19.3 Å². The van der Waals surface area contributed by atoms with Crippen molar-refractivity contribution in [1.29, 1.82) is 0 Å². The van der Waals surface area contributed by atoms with Crippen molar-refractivity contribution in [2.24, 2.45) is 0 Å². The van der Waals surface area contributed by atoms with Gasteiger partial charge in [0.15, 0.2) is 0 Å². The van der Waals surface area contributed by atoms with Crippen molar-refractivity contribution in [3.63, 3.8) is 0 Å². The molecule has 1 aliphatic heterocycles. The molecule has 2 atom stereocenters. The van der Waals surface area contributed by atoms with Crippen LogP contribution in [0.3, 0.4) is 0 Å². The fraction of sp³-hybridized carbons (Fsp3) is 1.00. The van der Waals surface area contributed by atoms with Gasteiger partial charge in [-0.3, -0.25) is 0 Å². The van der Waals surface area contributed by atoms with Crippen LogP contribution >= 0.6 is 0 Å². The molecule has 66 valence electrons. The maximum Gasteiger partial charge on any atom is 0.0715 e. The molecule has 1 rings (SSSR count). The van der Waals surface area contributed by atoms with Crippen molar-refractivity contribution in [1.82, 2.24) is 5.32 Å². The Morgan fingerprint density at radius 1 is 1.45 bits per heavy atom. The summed E-state index contributed by atoms with van der Waals surface area (Å²) in [5.41, 5.74) is 0.